The van der Waals surface area contributed by atoms with Crippen molar-refractivity contribution in [2.24, 2.45) is 0 Å². The number of anilines is 2. The van der Waals surface area contributed by atoms with Gasteiger partial charge in [0.2, 0.25) is 0 Å². The number of carbonyl (C=O) groups is 1. The minimum absolute atomic E-state index is 0.722. The highest BCUT2D eigenvalue weighted by Gasteiger charge is 2.19. The highest BCUT2D eigenvalue weighted by Crippen LogP contribution is 2.42. The molecule has 1 aromatic carbocycles. The van der Waals surface area contributed by atoms with Gasteiger partial charge in [-0.1, -0.05) is 17.8 Å². The number of aliphatic carboxylic acids is 1. The molecule has 1 saturated heterocycles. The molecule has 2 N–H and O–H groups in total. The van der Waals surface area contributed by atoms with Gasteiger partial charge in [0, 0.05) is 36.5 Å². The number of nitrogens with zero attached hydrogens (tertiary/aromatic N) is 3. The second-order valence-corrected chi connectivity index (χ2v) is 7.25. The predicted octanol–water partition coefficient (Wildman–Crippen LogP) is 3.29. The molecule has 3 heterocycles. The van der Waals surface area contributed by atoms with Crippen LogP contribution in [0, 0.1) is 0 Å². The summed E-state index contributed by atoms with van der Waals surface area (Å²) < 4.78 is 0. The van der Waals surface area contributed by atoms with Crippen molar-refractivity contribution in [3.63, 3.8) is 0 Å². The Morgan fingerprint density at radius 1 is 1.36 bits per heavy atom. The van der Waals surface area contributed by atoms with Gasteiger partial charge in [0.25, 0.3) is 0 Å². The van der Waals surface area contributed by atoms with Crippen molar-refractivity contribution in [3.8, 4) is 0 Å². The highest BCUT2D eigenvalue weighted by molar-refractivity contribution is 7.99. The molecule has 0 radical (unpaired) electrons. The summed E-state index contributed by atoms with van der Waals surface area (Å²) in [7, 11) is 0. The minimum Gasteiger partial charge on any atom is -0.478 e. The molecule has 0 aliphatic carbocycles. The van der Waals surface area contributed by atoms with E-state index < -0.39 is 5.97 Å². The first-order valence-corrected chi connectivity index (χ1v) is 9.02. The average Bonchev–Trinajstić information content (AvgIpc) is 2.59. The Labute approximate surface area is 150 Å². The van der Waals surface area contributed by atoms with E-state index in [2.05, 4.69) is 38.4 Å². The maximum absolute atomic E-state index is 10.9. The van der Waals surface area contributed by atoms with Gasteiger partial charge in [-0.3, -0.25) is 4.90 Å². The summed E-state index contributed by atoms with van der Waals surface area (Å²) >= 11 is 1.62. The molecule has 0 amide bonds. The SMILES string of the molecule is O=C(O)/C=C1\CCCN(Cc2ccc3c(c2)Nc2nccnc2S3)C1. The van der Waals surface area contributed by atoms with E-state index in [4.69, 9.17) is 5.11 Å². The quantitative estimate of drug-likeness (QED) is 0.699. The summed E-state index contributed by atoms with van der Waals surface area (Å²) in [5.41, 5.74) is 3.25. The van der Waals surface area contributed by atoms with Crippen LogP contribution >= 0.6 is 11.8 Å². The number of rotatable bonds is 3. The lowest BCUT2D eigenvalue weighted by Crippen LogP contribution is -2.31. The number of hydrogen-bond donors (Lipinski definition) is 2. The van der Waals surface area contributed by atoms with Gasteiger partial charge in [0.15, 0.2) is 5.82 Å². The van der Waals surface area contributed by atoms with Crippen molar-refractivity contribution in [2.45, 2.75) is 29.3 Å². The molecule has 0 bridgehead atoms. The van der Waals surface area contributed by atoms with Crippen molar-refractivity contribution < 1.29 is 9.90 Å². The third kappa shape index (κ3) is 3.67. The summed E-state index contributed by atoms with van der Waals surface area (Å²) in [4.78, 5) is 23.0. The van der Waals surface area contributed by atoms with Gasteiger partial charge in [-0.05, 0) is 42.7 Å². The molecule has 0 spiro atoms. The van der Waals surface area contributed by atoms with Crippen LogP contribution in [0.2, 0.25) is 0 Å². The van der Waals surface area contributed by atoms with E-state index in [1.54, 1.807) is 24.2 Å². The fourth-order valence-electron chi connectivity index (χ4n) is 3.24. The van der Waals surface area contributed by atoms with E-state index >= 15 is 0 Å². The molecule has 0 atom stereocenters. The number of benzene rings is 1. The van der Waals surface area contributed by atoms with Crippen molar-refractivity contribution in [2.75, 3.05) is 18.4 Å². The van der Waals surface area contributed by atoms with Gasteiger partial charge >= 0.3 is 5.97 Å². The van der Waals surface area contributed by atoms with Crippen LogP contribution in [0.25, 0.3) is 0 Å². The molecule has 2 aliphatic rings. The summed E-state index contributed by atoms with van der Waals surface area (Å²) in [6.45, 7) is 2.52. The van der Waals surface area contributed by atoms with Gasteiger partial charge in [-0.25, -0.2) is 14.8 Å². The predicted molar refractivity (Wildman–Crippen MR) is 96.1 cm³/mol. The van der Waals surface area contributed by atoms with E-state index in [1.165, 1.54) is 11.6 Å². The summed E-state index contributed by atoms with van der Waals surface area (Å²) in [6.07, 6.45) is 6.62. The fourth-order valence-corrected chi connectivity index (χ4v) is 4.12. The average molecular weight is 354 g/mol. The molecule has 1 fully saturated rings. The van der Waals surface area contributed by atoms with Gasteiger partial charge in [-0.15, -0.1) is 0 Å². The van der Waals surface area contributed by atoms with E-state index in [1.807, 2.05) is 0 Å². The lowest BCUT2D eigenvalue weighted by Gasteiger charge is -2.29. The molecular weight excluding hydrogens is 336 g/mol. The molecule has 0 unspecified atom stereocenters. The molecule has 7 heteroatoms. The van der Waals surface area contributed by atoms with E-state index in [0.717, 1.165) is 59.5 Å². The zero-order valence-electron chi connectivity index (χ0n) is 13.6. The van der Waals surface area contributed by atoms with Gasteiger partial charge < -0.3 is 10.4 Å². The maximum Gasteiger partial charge on any atom is 0.328 e. The van der Waals surface area contributed by atoms with E-state index in [0.29, 0.717) is 0 Å². The van der Waals surface area contributed by atoms with Crippen molar-refractivity contribution in [1.82, 2.24) is 14.9 Å². The third-order valence-corrected chi connectivity index (χ3v) is 5.37. The third-order valence-electron chi connectivity index (χ3n) is 4.30. The Bertz CT molecular complexity index is 853. The molecule has 1 aromatic heterocycles. The van der Waals surface area contributed by atoms with E-state index in [9.17, 15) is 4.79 Å². The zero-order chi connectivity index (χ0) is 17.2. The van der Waals surface area contributed by atoms with Crippen molar-refractivity contribution in [1.29, 1.82) is 0 Å². The Morgan fingerprint density at radius 2 is 2.24 bits per heavy atom. The molecule has 25 heavy (non-hydrogen) atoms. The molecular formula is C18H18N4O2S. The first-order chi connectivity index (χ1) is 12.2. The smallest absolute Gasteiger partial charge is 0.328 e. The number of fused-ring (bicyclic) bond motifs is 2. The molecule has 6 nitrogen and oxygen atoms in total. The summed E-state index contributed by atoms with van der Waals surface area (Å²) in [6, 6.07) is 6.39. The Hall–Kier alpha value is -2.38. The number of carboxylic acids is 1. The lowest BCUT2D eigenvalue weighted by atomic mass is 10.0. The second-order valence-electron chi connectivity index (χ2n) is 6.22. The summed E-state index contributed by atoms with van der Waals surface area (Å²) in [5, 5.41) is 13.2. The van der Waals surface area contributed by atoms with Crippen LogP contribution in [0.1, 0.15) is 18.4 Å². The number of likely N-dealkylation sites (tertiary alicyclic amines) is 1. The molecule has 128 valence electrons. The molecule has 0 saturated carbocycles. The van der Waals surface area contributed by atoms with Crippen LogP contribution in [0.15, 0.2) is 52.2 Å². The molecule has 2 aromatic rings. The standard InChI is InChI=1S/C18H18N4O2S/c23-16(24)9-12-2-1-7-22(10-12)11-13-3-4-15-14(8-13)21-17-18(25-15)20-6-5-19-17/h3-6,8-9H,1-2,7,10-11H2,(H,19,21)(H,23,24)/b12-9+. The maximum atomic E-state index is 10.9. The zero-order valence-corrected chi connectivity index (χ0v) is 14.4. The Balaban J connectivity index is 1.49. The van der Waals surface area contributed by atoms with E-state index in [-0.39, 0.29) is 0 Å². The van der Waals surface area contributed by atoms with Gasteiger partial charge in [0.05, 0.1) is 5.69 Å². The van der Waals surface area contributed by atoms with Gasteiger partial charge in [0.1, 0.15) is 5.03 Å². The second kappa shape index (κ2) is 6.85. The number of carboxylic acid groups (broad SMARTS) is 1. The lowest BCUT2D eigenvalue weighted by molar-refractivity contribution is -0.131. The van der Waals surface area contributed by atoms with Crippen molar-refractivity contribution >= 4 is 29.2 Å². The number of piperidine rings is 1. The van der Waals surface area contributed by atoms with Crippen molar-refractivity contribution in [3.05, 3.63) is 47.8 Å². The van der Waals surface area contributed by atoms with Crippen LogP contribution in [0.3, 0.4) is 0 Å². The fraction of sp³-hybridized carbons (Fsp3) is 0.278. The van der Waals surface area contributed by atoms with Crippen LogP contribution in [0.5, 0.6) is 0 Å². The number of nitrogens with one attached hydrogen (secondary N) is 1. The largest absolute Gasteiger partial charge is 0.478 e. The number of hydrogen-bond acceptors (Lipinski definition) is 6. The van der Waals surface area contributed by atoms with Gasteiger partial charge in [-0.2, -0.15) is 0 Å². The Kier molecular flexibility index (Phi) is 4.42. The number of aromatic nitrogens is 2. The monoisotopic (exact) mass is 354 g/mol. The first kappa shape index (κ1) is 16.1. The highest BCUT2D eigenvalue weighted by atomic mass is 32.2. The van der Waals surface area contributed by atoms with Crippen LogP contribution in [0.4, 0.5) is 11.5 Å². The Morgan fingerprint density at radius 3 is 3.12 bits per heavy atom. The summed E-state index contributed by atoms with van der Waals surface area (Å²) in [5.74, 6) is -0.0616. The topological polar surface area (TPSA) is 78.4 Å². The van der Waals surface area contributed by atoms with Crippen LogP contribution in [-0.4, -0.2) is 39.0 Å². The minimum atomic E-state index is -0.855. The molecule has 2 aliphatic heterocycles. The molecule has 4 rings (SSSR count). The first-order valence-electron chi connectivity index (χ1n) is 8.21. The van der Waals surface area contributed by atoms with Crippen LogP contribution in [-0.2, 0) is 11.3 Å². The van der Waals surface area contributed by atoms with Crippen LogP contribution < -0.4 is 5.32 Å². The normalized spacial score (nSPS) is 18.3.